The van der Waals surface area contributed by atoms with Crippen molar-refractivity contribution in [3.05, 3.63) is 30.3 Å². The summed E-state index contributed by atoms with van der Waals surface area (Å²) in [5, 5.41) is 2.16. The van der Waals surface area contributed by atoms with Crippen LogP contribution in [0, 0.1) is 0 Å². The third-order valence-corrected chi connectivity index (χ3v) is 1.09. The summed E-state index contributed by atoms with van der Waals surface area (Å²) in [5.41, 5.74) is 0.496. The topological polar surface area (TPSA) is 38.3 Å². The van der Waals surface area contributed by atoms with Crippen LogP contribution in [0.4, 0.5) is 15.0 Å². The third-order valence-electron chi connectivity index (χ3n) is 1.09. The summed E-state index contributed by atoms with van der Waals surface area (Å²) in [6.45, 7) is 0. The number of para-hydroxylation sites is 1. The van der Waals surface area contributed by atoms with Crippen LogP contribution < -0.4 is 5.32 Å². The van der Waals surface area contributed by atoms with Gasteiger partial charge in [0.25, 0.3) is 0 Å². The molecule has 1 aromatic carbocycles. The number of carbonyl (C=O) groups is 1. The lowest BCUT2D eigenvalue weighted by Crippen LogP contribution is -2.08. The Bertz CT molecular complexity index is 237. The first-order chi connectivity index (χ1) is 5.33. The molecule has 1 amide bonds. The highest BCUT2D eigenvalue weighted by Crippen LogP contribution is 2.04. The van der Waals surface area contributed by atoms with E-state index in [4.69, 9.17) is 0 Å². The van der Waals surface area contributed by atoms with Crippen molar-refractivity contribution < 1.29 is 14.3 Å². The van der Waals surface area contributed by atoms with Crippen LogP contribution in [0.3, 0.4) is 0 Å². The lowest BCUT2D eigenvalue weighted by molar-refractivity contribution is -0.0544. The van der Waals surface area contributed by atoms with Gasteiger partial charge < -0.3 is 0 Å². The van der Waals surface area contributed by atoms with E-state index in [1.165, 1.54) is 0 Å². The molecule has 58 valence electrons. The van der Waals surface area contributed by atoms with Gasteiger partial charge in [0.15, 0.2) is 0 Å². The molecule has 0 aromatic heterocycles. The number of hydrogen-bond acceptors (Lipinski definition) is 2. The molecule has 0 bridgehead atoms. The minimum Gasteiger partial charge on any atom is -0.289 e. The van der Waals surface area contributed by atoms with Crippen molar-refractivity contribution in [3.63, 3.8) is 0 Å². The molecule has 0 aliphatic heterocycles. The van der Waals surface area contributed by atoms with Crippen LogP contribution >= 0.6 is 0 Å². The van der Waals surface area contributed by atoms with E-state index in [0.29, 0.717) is 5.69 Å². The summed E-state index contributed by atoms with van der Waals surface area (Å²) in [6, 6.07) is 8.46. The van der Waals surface area contributed by atoms with E-state index in [0.717, 1.165) is 0 Å². The molecule has 1 N–H and O–H groups in total. The van der Waals surface area contributed by atoms with E-state index in [9.17, 15) is 9.32 Å². The van der Waals surface area contributed by atoms with Gasteiger partial charge in [0.1, 0.15) is 0 Å². The van der Waals surface area contributed by atoms with Crippen molar-refractivity contribution in [1.82, 2.24) is 0 Å². The molecule has 0 fully saturated rings. The molecule has 1 rings (SSSR count). The SMILES string of the molecule is O=C(Nc1ccccc1)OF. The van der Waals surface area contributed by atoms with Gasteiger partial charge in [-0.05, 0) is 12.1 Å². The fourth-order valence-corrected chi connectivity index (χ4v) is 0.659. The van der Waals surface area contributed by atoms with Crippen LogP contribution in [0.1, 0.15) is 0 Å². The average molecular weight is 155 g/mol. The van der Waals surface area contributed by atoms with Crippen LogP contribution in [0.2, 0.25) is 0 Å². The number of nitrogens with one attached hydrogen (secondary N) is 1. The van der Waals surface area contributed by atoms with Crippen LogP contribution in [0.5, 0.6) is 0 Å². The fourth-order valence-electron chi connectivity index (χ4n) is 0.659. The zero-order valence-corrected chi connectivity index (χ0v) is 5.58. The van der Waals surface area contributed by atoms with Crippen LogP contribution in [0.25, 0.3) is 0 Å². The number of anilines is 1. The molecule has 0 aliphatic carbocycles. The normalized spacial score (nSPS) is 8.82. The quantitative estimate of drug-likeness (QED) is 0.674. The number of hydrogen-bond donors (Lipinski definition) is 1. The molecule has 0 atom stereocenters. The molecular weight excluding hydrogens is 149 g/mol. The van der Waals surface area contributed by atoms with Gasteiger partial charge in [0, 0.05) is 10.2 Å². The summed E-state index contributed by atoms with van der Waals surface area (Å²) in [7, 11) is 0. The molecule has 0 spiro atoms. The largest absolute Gasteiger partial charge is 0.449 e. The van der Waals surface area contributed by atoms with Crippen molar-refractivity contribution >= 4 is 11.8 Å². The van der Waals surface area contributed by atoms with Gasteiger partial charge in [0.2, 0.25) is 0 Å². The van der Waals surface area contributed by atoms with Crippen molar-refractivity contribution in [2.45, 2.75) is 0 Å². The van der Waals surface area contributed by atoms with Gasteiger partial charge in [-0.3, -0.25) is 5.32 Å². The predicted molar refractivity (Wildman–Crippen MR) is 37.7 cm³/mol. The van der Waals surface area contributed by atoms with E-state index < -0.39 is 6.09 Å². The van der Waals surface area contributed by atoms with Gasteiger partial charge in [-0.2, -0.15) is 0 Å². The molecule has 0 heterocycles. The molecule has 0 saturated carbocycles. The highest BCUT2D eigenvalue weighted by molar-refractivity contribution is 5.83. The maximum Gasteiger partial charge on any atom is 0.449 e. The van der Waals surface area contributed by atoms with Gasteiger partial charge in [0.05, 0.1) is 0 Å². The highest BCUT2D eigenvalue weighted by atomic mass is 19.3. The monoisotopic (exact) mass is 155 g/mol. The smallest absolute Gasteiger partial charge is 0.289 e. The summed E-state index contributed by atoms with van der Waals surface area (Å²) in [5.74, 6) is 0. The first-order valence-corrected chi connectivity index (χ1v) is 2.97. The second-order valence-corrected chi connectivity index (χ2v) is 1.86. The molecule has 1 aromatic rings. The van der Waals surface area contributed by atoms with Gasteiger partial charge in [-0.1, -0.05) is 18.2 Å². The standard InChI is InChI=1S/C7H6FNO2/c8-11-7(10)9-6-4-2-1-3-5-6/h1-5H,(H,9,10). The maximum atomic E-state index is 11.2. The molecule has 4 heteroatoms. The van der Waals surface area contributed by atoms with Gasteiger partial charge in [-0.15, -0.1) is 0 Å². The lowest BCUT2D eigenvalue weighted by Gasteiger charge is -1.98. The van der Waals surface area contributed by atoms with E-state index in [2.05, 4.69) is 10.3 Å². The minimum absolute atomic E-state index is 0.496. The Labute approximate surface area is 62.7 Å². The molecule has 0 saturated heterocycles. The van der Waals surface area contributed by atoms with Gasteiger partial charge in [-0.25, -0.2) is 9.74 Å². The number of carbonyl (C=O) groups excluding carboxylic acids is 1. The summed E-state index contributed by atoms with van der Waals surface area (Å²) >= 11 is 0. The van der Waals surface area contributed by atoms with Crippen molar-refractivity contribution in [2.75, 3.05) is 5.32 Å². The minimum atomic E-state index is -1.11. The average Bonchev–Trinajstić information content (AvgIpc) is 2.06. The zero-order valence-electron chi connectivity index (χ0n) is 5.58. The second kappa shape index (κ2) is 3.55. The first kappa shape index (κ1) is 7.53. The molecular formula is C7H6FNO2. The molecule has 3 nitrogen and oxygen atoms in total. The van der Waals surface area contributed by atoms with Gasteiger partial charge >= 0.3 is 6.09 Å². The maximum absolute atomic E-state index is 11.2. The summed E-state index contributed by atoms with van der Waals surface area (Å²) < 4.78 is 11.2. The lowest BCUT2D eigenvalue weighted by atomic mass is 10.3. The predicted octanol–water partition coefficient (Wildman–Crippen LogP) is 2.12. The second-order valence-electron chi connectivity index (χ2n) is 1.86. The van der Waals surface area contributed by atoms with Crippen molar-refractivity contribution in [3.8, 4) is 0 Å². The molecule has 0 aliphatic rings. The Balaban J connectivity index is 2.58. The number of benzene rings is 1. The van der Waals surface area contributed by atoms with E-state index in [1.54, 1.807) is 30.3 Å². The Hall–Kier alpha value is -1.58. The molecule has 0 radical (unpaired) electrons. The Morgan fingerprint density at radius 3 is 2.55 bits per heavy atom. The Kier molecular flexibility index (Phi) is 2.43. The van der Waals surface area contributed by atoms with Crippen LogP contribution in [0.15, 0.2) is 30.3 Å². The van der Waals surface area contributed by atoms with Crippen LogP contribution in [-0.2, 0) is 4.94 Å². The summed E-state index contributed by atoms with van der Waals surface area (Å²) in [4.78, 5) is 13.2. The van der Waals surface area contributed by atoms with Crippen molar-refractivity contribution in [1.29, 1.82) is 0 Å². The van der Waals surface area contributed by atoms with Crippen LogP contribution in [-0.4, -0.2) is 6.09 Å². The Morgan fingerprint density at radius 1 is 1.36 bits per heavy atom. The number of amides is 1. The van der Waals surface area contributed by atoms with E-state index in [-0.39, 0.29) is 0 Å². The number of halogens is 1. The number of rotatable bonds is 1. The molecule has 11 heavy (non-hydrogen) atoms. The highest BCUT2D eigenvalue weighted by Gasteiger charge is 2.00. The van der Waals surface area contributed by atoms with E-state index in [1.807, 2.05) is 0 Å². The first-order valence-electron chi connectivity index (χ1n) is 2.97. The zero-order chi connectivity index (χ0) is 8.10. The third kappa shape index (κ3) is 2.25. The summed E-state index contributed by atoms with van der Waals surface area (Å²) in [6.07, 6.45) is -1.11. The van der Waals surface area contributed by atoms with E-state index >= 15 is 0 Å². The molecule has 0 unspecified atom stereocenters. The fraction of sp³-hybridized carbons (Fsp3) is 0. The Morgan fingerprint density at radius 2 is 2.00 bits per heavy atom. The van der Waals surface area contributed by atoms with Crippen molar-refractivity contribution in [2.24, 2.45) is 0 Å².